The second kappa shape index (κ2) is 8.83. The summed E-state index contributed by atoms with van der Waals surface area (Å²) in [6, 6.07) is 5.56. The second-order valence-electron chi connectivity index (χ2n) is 5.58. The molecule has 0 aromatic heterocycles. The van der Waals surface area contributed by atoms with Crippen LogP contribution in [-0.2, 0) is 14.3 Å². The number of hydrogen-bond donors (Lipinski definition) is 0. The van der Waals surface area contributed by atoms with Gasteiger partial charge < -0.3 is 9.64 Å². The molecule has 0 saturated heterocycles. The van der Waals surface area contributed by atoms with E-state index in [4.69, 9.17) is 28.6 Å². The summed E-state index contributed by atoms with van der Waals surface area (Å²) in [6.07, 6.45) is 1.14. The van der Waals surface area contributed by atoms with Gasteiger partial charge >= 0.3 is 0 Å². The van der Waals surface area contributed by atoms with E-state index >= 15 is 0 Å². The molecule has 1 aromatic carbocycles. The minimum absolute atomic E-state index is 0.00465. The number of nitrogens with zero attached hydrogens (tertiary/aromatic N) is 1. The number of amides is 1. The third-order valence-electron chi connectivity index (χ3n) is 3.89. The molecule has 1 atom stereocenters. The van der Waals surface area contributed by atoms with Crippen LogP contribution in [0.15, 0.2) is 18.2 Å². The molecule has 130 valence electrons. The Labute approximate surface area is 156 Å². The molecule has 0 aliphatic carbocycles. The maximum absolute atomic E-state index is 12.1. The SMILES string of the molecule is CCOC(=S)SCC(=O)CCC1CN(C(C)=O)c2ccc(Cl)cc21. The van der Waals surface area contributed by atoms with Crippen molar-refractivity contribution >= 4 is 57.3 Å². The van der Waals surface area contributed by atoms with Crippen molar-refractivity contribution in [1.82, 2.24) is 0 Å². The molecule has 1 aliphatic heterocycles. The monoisotopic (exact) mass is 385 g/mol. The Morgan fingerprint density at radius 2 is 2.21 bits per heavy atom. The summed E-state index contributed by atoms with van der Waals surface area (Å²) in [4.78, 5) is 25.6. The van der Waals surface area contributed by atoms with Gasteiger partial charge in [-0.3, -0.25) is 9.59 Å². The van der Waals surface area contributed by atoms with Gasteiger partial charge in [-0.2, -0.15) is 0 Å². The number of fused-ring (bicyclic) bond motifs is 1. The third kappa shape index (κ3) is 4.94. The zero-order valence-corrected chi connectivity index (χ0v) is 16.1. The number of benzene rings is 1. The molecule has 0 spiro atoms. The molecule has 0 saturated carbocycles. The molecular weight excluding hydrogens is 366 g/mol. The molecule has 0 bridgehead atoms. The summed E-state index contributed by atoms with van der Waals surface area (Å²) >= 11 is 12.4. The molecule has 1 amide bonds. The first-order chi connectivity index (χ1) is 11.4. The van der Waals surface area contributed by atoms with Gasteiger partial charge in [0.15, 0.2) is 0 Å². The smallest absolute Gasteiger partial charge is 0.223 e. The fourth-order valence-electron chi connectivity index (χ4n) is 2.77. The number of thiocarbonyl (C=S) groups is 1. The van der Waals surface area contributed by atoms with Crippen molar-refractivity contribution < 1.29 is 14.3 Å². The van der Waals surface area contributed by atoms with Crippen LogP contribution in [0.4, 0.5) is 5.69 Å². The first kappa shape index (κ1) is 19.2. The molecular formula is C17H20ClNO3S2. The number of hydrogen-bond acceptors (Lipinski definition) is 5. The number of halogens is 1. The fourth-order valence-corrected chi connectivity index (χ4v) is 3.87. The summed E-state index contributed by atoms with van der Waals surface area (Å²) in [7, 11) is 0. The van der Waals surface area contributed by atoms with Crippen LogP contribution in [-0.4, -0.2) is 35.0 Å². The molecule has 0 fully saturated rings. The molecule has 7 heteroatoms. The Bertz CT molecular complexity index is 651. The number of ether oxygens (including phenoxy) is 1. The number of ketones is 1. The Morgan fingerprint density at radius 1 is 1.46 bits per heavy atom. The number of anilines is 1. The maximum Gasteiger partial charge on any atom is 0.223 e. The Kier molecular flexibility index (Phi) is 7.07. The van der Waals surface area contributed by atoms with Crippen LogP contribution in [0.2, 0.25) is 5.02 Å². The highest BCUT2D eigenvalue weighted by Gasteiger charge is 2.31. The number of carbonyl (C=O) groups is 2. The number of rotatable bonds is 6. The third-order valence-corrected chi connectivity index (χ3v) is 5.41. The normalized spacial score (nSPS) is 16.0. The van der Waals surface area contributed by atoms with Crippen molar-refractivity contribution in [2.24, 2.45) is 0 Å². The Morgan fingerprint density at radius 3 is 2.88 bits per heavy atom. The quantitative estimate of drug-likeness (QED) is 0.687. The average molecular weight is 386 g/mol. The van der Waals surface area contributed by atoms with E-state index in [1.54, 1.807) is 17.9 Å². The van der Waals surface area contributed by atoms with Crippen molar-refractivity contribution in [3.8, 4) is 0 Å². The second-order valence-corrected chi connectivity index (χ2v) is 7.59. The van der Waals surface area contributed by atoms with E-state index in [2.05, 4.69) is 0 Å². The molecule has 1 unspecified atom stereocenters. The Balaban J connectivity index is 1.94. The molecule has 2 rings (SSSR count). The minimum atomic E-state index is 0.00465. The zero-order valence-electron chi connectivity index (χ0n) is 13.7. The van der Waals surface area contributed by atoms with Crippen LogP contribution >= 0.6 is 35.6 Å². The van der Waals surface area contributed by atoms with Crippen LogP contribution in [0, 0.1) is 0 Å². The van der Waals surface area contributed by atoms with E-state index in [-0.39, 0.29) is 17.6 Å². The summed E-state index contributed by atoms with van der Waals surface area (Å²) in [5.41, 5.74) is 1.94. The van der Waals surface area contributed by atoms with Gasteiger partial charge in [0.05, 0.1) is 12.4 Å². The van der Waals surface area contributed by atoms with Crippen molar-refractivity contribution in [3.63, 3.8) is 0 Å². The lowest BCUT2D eigenvalue weighted by Gasteiger charge is -2.15. The predicted octanol–water partition coefficient (Wildman–Crippen LogP) is 4.19. The van der Waals surface area contributed by atoms with E-state index in [1.807, 2.05) is 19.1 Å². The van der Waals surface area contributed by atoms with Crippen LogP contribution in [0.5, 0.6) is 0 Å². The van der Waals surface area contributed by atoms with Gasteiger partial charge in [0.25, 0.3) is 0 Å². The van der Waals surface area contributed by atoms with Gasteiger partial charge in [0, 0.05) is 36.5 Å². The molecule has 4 nitrogen and oxygen atoms in total. The van der Waals surface area contributed by atoms with E-state index in [9.17, 15) is 9.59 Å². The molecule has 24 heavy (non-hydrogen) atoms. The van der Waals surface area contributed by atoms with E-state index in [0.717, 1.165) is 11.3 Å². The van der Waals surface area contributed by atoms with Gasteiger partial charge in [-0.25, -0.2) is 0 Å². The molecule has 1 aromatic rings. The lowest BCUT2D eigenvalue weighted by Crippen LogP contribution is -2.27. The van der Waals surface area contributed by atoms with E-state index < -0.39 is 0 Å². The van der Waals surface area contributed by atoms with Gasteiger partial charge in [-0.15, -0.1) is 0 Å². The van der Waals surface area contributed by atoms with Crippen molar-refractivity contribution in [3.05, 3.63) is 28.8 Å². The first-order valence-electron chi connectivity index (χ1n) is 7.81. The lowest BCUT2D eigenvalue weighted by molar-refractivity contribution is -0.117. The summed E-state index contributed by atoms with van der Waals surface area (Å²) in [5.74, 6) is 0.594. The zero-order chi connectivity index (χ0) is 17.7. The highest BCUT2D eigenvalue weighted by atomic mass is 35.5. The molecule has 0 radical (unpaired) electrons. The topological polar surface area (TPSA) is 46.6 Å². The number of carbonyl (C=O) groups excluding carboxylic acids is 2. The maximum atomic E-state index is 12.1. The number of Topliss-reactive ketones (excluding diaryl/α,β-unsaturated/α-hetero) is 1. The molecule has 1 aliphatic rings. The summed E-state index contributed by atoms with van der Waals surface area (Å²) < 4.78 is 5.56. The van der Waals surface area contributed by atoms with Gasteiger partial charge in [0.1, 0.15) is 5.78 Å². The van der Waals surface area contributed by atoms with Crippen LogP contribution in [0.25, 0.3) is 0 Å². The van der Waals surface area contributed by atoms with Crippen LogP contribution < -0.4 is 4.90 Å². The van der Waals surface area contributed by atoms with Gasteiger partial charge in [-0.1, -0.05) is 23.4 Å². The summed E-state index contributed by atoms with van der Waals surface area (Å²) in [6.45, 7) is 4.53. The standard InChI is InChI=1S/C17H20ClNO3S2/c1-3-22-17(23)24-10-14(21)6-4-12-9-19(11(2)20)16-7-5-13(18)8-15(12)16/h5,7-8,12H,3-4,6,9-10H2,1-2H3. The highest BCUT2D eigenvalue weighted by molar-refractivity contribution is 8.23. The van der Waals surface area contributed by atoms with E-state index in [1.165, 1.54) is 11.8 Å². The van der Waals surface area contributed by atoms with Crippen molar-refractivity contribution in [2.75, 3.05) is 23.8 Å². The largest absolute Gasteiger partial charge is 0.479 e. The minimum Gasteiger partial charge on any atom is -0.479 e. The molecule has 0 N–H and O–H groups in total. The van der Waals surface area contributed by atoms with Crippen molar-refractivity contribution in [2.45, 2.75) is 32.6 Å². The van der Waals surface area contributed by atoms with Crippen LogP contribution in [0.1, 0.15) is 38.2 Å². The van der Waals surface area contributed by atoms with Gasteiger partial charge in [0.2, 0.25) is 10.3 Å². The van der Waals surface area contributed by atoms with E-state index in [0.29, 0.717) is 41.2 Å². The molecule has 1 heterocycles. The lowest BCUT2D eigenvalue weighted by atomic mass is 9.95. The van der Waals surface area contributed by atoms with Crippen molar-refractivity contribution in [1.29, 1.82) is 0 Å². The fraction of sp³-hybridized carbons (Fsp3) is 0.471. The average Bonchev–Trinajstić information content (AvgIpc) is 2.89. The predicted molar refractivity (Wildman–Crippen MR) is 103 cm³/mol. The first-order valence-corrected chi connectivity index (χ1v) is 9.58. The van der Waals surface area contributed by atoms with Gasteiger partial charge in [-0.05, 0) is 49.3 Å². The Hall–Kier alpha value is -1.11. The highest BCUT2D eigenvalue weighted by Crippen LogP contribution is 2.40. The summed E-state index contributed by atoms with van der Waals surface area (Å²) in [5, 5.41) is 0.646. The van der Waals surface area contributed by atoms with Crippen LogP contribution in [0.3, 0.4) is 0 Å². The number of thioether (sulfide) groups is 1.